The minimum Gasteiger partial charge on any atom is -0.481 e. The number of benzene rings is 1. The number of aliphatic carboxylic acids is 1. The Labute approximate surface area is 109 Å². The molecule has 0 heterocycles. The Hall–Kier alpha value is -1.62. The summed E-state index contributed by atoms with van der Waals surface area (Å²) < 4.78 is 13.2. The predicted molar refractivity (Wildman–Crippen MR) is 65.2 cm³/mol. The Bertz CT molecular complexity index is 465. The quantitative estimate of drug-likeness (QED) is 0.866. The van der Waals surface area contributed by atoms with Crippen molar-refractivity contribution in [3.63, 3.8) is 0 Å². The van der Waals surface area contributed by atoms with E-state index in [9.17, 15) is 14.0 Å². The van der Waals surface area contributed by atoms with Crippen LogP contribution in [0.2, 0.25) is 5.02 Å². The van der Waals surface area contributed by atoms with Crippen molar-refractivity contribution in [1.82, 2.24) is 5.32 Å². The summed E-state index contributed by atoms with van der Waals surface area (Å²) in [5, 5.41) is 11.1. The van der Waals surface area contributed by atoms with Crippen LogP contribution >= 0.6 is 11.6 Å². The van der Waals surface area contributed by atoms with Crippen LogP contribution in [0.1, 0.15) is 30.1 Å². The molecule has 1 atom stereocenters. The van der Waals surface area contributed by atoms with Crippen LogP contribution in [-0.2, 0) is 4.79 Å². The number of rotatable bonds is 5. The Balaban J connectivity index is 2.74. The van der Waals surface area contributed by atoms with Gasteiger partial charge in [0.1, 0.15) is 5.82 Å². The van der Waals surface area contributed by atoms with E-state index in [2.05, 4.69) is 5.32 Å². The van der Waals surface area contributed by atoms with E-state index in [4.69, 9.17) is 16.7 Å². The molecule has 1 rings (SSSR count). The van der Waals surface area contributed by atoms with Gasteiger partial charge >= 0.3 is 5.97 Å². The van der Waals surface area contributed by atoms with Gasteiger partial charge in [0.15, 0.2) is 0 Å². The van der Waals surface area contributed by atoms with Crippen molar-refractivity contribution in [2.45, 2.75) is 25.8 Å². The van der Waals surface area contributed by atoms with Gasteiger partial charge in [0.05, 0.1) is 11.4 Å². The van der Waals surface area contributed by atoms with Gasteiger partial charge in [-0.2, -0.15) is 0 Å². The fourth-order valence-corrected chi connectivity index (χ4v) is 1.53. The summed E-state index contributed by atoms with van der Waals surface area (Å²) >= 11 is 5.50. The van der Waals surface area contributed by atoms with E-state index >= 15 is 0 Å². The molecule has 2 N–H and O–H groups in total. The van der Waals surface area contributed by atoms with Gasteiger partial charge in [-0.25, -0.2) is 4.39 Å². The lowest BCUT2D eigenvalue weighted by atomic mass is 10.1. The predicted octanol–water partition coefficient (Wildman–Crippen LogP) is 2.46. The Morgan fingerprint density at radius 3 is 2.67 bits per heavy atom. The number of halogens is 2. The molecule has 0 radical (unpaired) electrons. The largest absolute Gasteiger partial charge is 0.481 e. The van der Waals surface area contributed by atoms with Gasteiger partial charge in [-0.1, -0.05) is 18.5 Å². The molecule has 18 heavy (non-hydrogen) atoms. The Morgan fingerprint density at radius 2 is 2.17 bits per heavy atom. The highest BCUT2D eigenvalue weighted by Crippen LogP contribution is 2.15. The highest BCUT2D eigenvalue weighted by molar-refractivity contribution is 6.30. The lowest BCUT2D eigenvalue weighted by molar-refractivity contribution is -0.137. The van der Waals surface area contributed by atoms with Crippen LogP contribution in [0.15, 0.2) is 18.2 Å². The zero-order chi connectivity index (χ0) is 13.7. The smallest absolute Gasteiger partial charge is 0.305 e. The summed E-state index contributed by atoms with van der Waals surface area (Å²) in [7, 11) is 0. The van der Waals surface area contributed by atoms with Crippen LogP contribution in [0, 0.1) is 5.82 Å². The van der Waals surface area contributed by atoms with Gasteiger partial charge in [-0.3, -0.25) is 9.59 Å². The van der Waals surface area contributed by atoms with Crippen molar-refractivity contribution < 1.29 is 19.1 Å². The van der Waals surface area contributed by atoms with E-state index < -0.39 is 23.7 Å². The van der Waals surface area contributed by atoms with Gasteiger partial charge in [0, 0.05) is 11.6 Å². The van der Waals surface area contributed by atoms with Crippen LogP contribution in [-0.4, -0.2) is 23.0 Å². The Kier molecular flexibility index (Phi) is 5.09. The van der Waals surface area contributed by atoms with Gasteiger partial charge < -0.3 is 10.4 Å². The number of hydrogen-bond acceptors (Lipinski definition) is 2. The van der Waals surface area contributed by atoms with E-state index in [0.717, 1.165) is 6.07 Å². The van der Waals surface area contributed by atoms with Gasteiger partial charge in [0.25, 0.3) is 5.91 Å². The first-order valence-corrected chi connectivity index (χ1v) is 5.79. The van der Waals surface area contributed by atoms with E-state index in [1.54, 1.807) is 6.92 Å². The second kappa shape index (κ2) is 6.35. The normalized spacial score (nSPS) is 11.9. The Morgan fingerprint density at radius 1 is 1.50 bits per heavy atom. The lowest BCUT2D eigenvalue weighted by Crippen LogP contribution is -2.36. The average Bonchev–Trinajstić information content (AvgIpc) is 2.31. The zero-order valence-corrected chi connectivity index (χ0v) is 10.5. The standard InChI is InChI=1S/C12H13ClFNO3/c1-2-8(6-11(16)17)15-12(18)7-3-4-9(13)10(14)5-7/h3-5,8H,2,6H2,1H3,(H,15,18)(H,16,17). The molecule has 0 bridgehead atoms. The fraction of sp³-hybridized carbons (Fsp3) is 0.333. The summed E-state index contributed by atoms with van der Waals surface area (Å²) in [6, 6.07) is 3.21. The van der Waals surface area contributed by atoms with Crippen LogP contribution in [0.4, 0.5) is 4.39 Å². The molecule has 0 saturated heterocycles. The molecule has 4 nitrogen and oxygen atoms in total. The summed E-state index contributed by atoms with van der Waals surface area (Å²) in [4.78, 5) is 22.3. The maximum Gasteiger partial charge on any atom is 0.305 e. The van der Waals surface area contributed by atoms with Crippen molar-refractivity contribution in [1.29, 1.82) is 0 Å². The lowest BCUT2D eigenvalue weighted by Gasteiger charge is -2.14. The topological polar surface area (TPSA) is 66.4 Å². The molecular weight excluding hydrogens is 261 g/mol. The minimum atomic E-state index is -0.996. The summed E-state index contributed by atoms with van der Waals surface area (Å²) in [5.41, 5.74) is 0.112. The fourth-order valence-electron chi connectivity index (χ4n) is 1.41. The maximum atomic E-state index is 13.2. The third-order valence-corrected chi connectivity index (χ3v) is 2.74. The molecule has 0 saturated carbocycles. The number of nitrogens with one attached hydrogen (secondary N) is 1. The van der Waals surface area contributed by atoms with Gasteiger partial charge in [0.2, 0.25) is 0 Å². The molecule has 1 amide bonds. The average molecular weight is 274 g/mol. The van der Waals surface area contributed by atoms with Crippen LogP contribution in [0.3, 0.4) is 0 Å². The van der Waals surface area contributed by atoms with Crippen LogP contribution in [0.5, 0.6) is 0 Å². The molecule has 0 aliphatic rings. The summed E-state index contributed by atoms with van der Waals surface area (Å²) in [6.45, 7) is 1.76. The van der Waals surface area contributed by atoms with Crippen LogP contribution < -0.4 is 5.32 Å². The summed E-state index contributed by atoms with van der Waals surface area (Å²) in [6.07, 6.45) is 0.312. The molecule has 0 fully saturated rings. The van der Waals surface area contributed by atoms with E-state index in [1.165, 1.54) is 12.1 Å². The number of carboxylic acids is 1. The highest BCUT2D eigenvalue weighted by Gasteiger charge is 2.16. The molecule has 1 aromatic rings. The second-order valence-corrected chi connectivity index (χ2v) is 4.21. The molecule has 0 spiro atoms. The third kappa shape index (κ3) is 4.00. The number of carbonyl (C=O) groups excluding carboxylic acids is 1. The molecule has 6 heteroatoms. The number of carboxylic acid groups (broad SMARTS) is 1. The van der Waals surface area contributed by atoms with Gasteiger partial charge in [-0.05, 0) is 24.6 Å². The first-order valence-electron chi connectivity index (χ1n) is 5.41. The first kappa shape index (κ1) is 14.4. The molecule has 98 valence electrons. The number of amides is 1. The second-order valence-electron chi connectivity index (χ2n) is 3.81. The minimum absolute atomic E-state index is 0.0656. The van der Waals surface area contributed by atoms with Gasteiger partial charge in [-0.15, -0.1) is 0 Å². The van der Waals surface area contributed by atoms with Crippen molar-refractivity contribution in [3.8, 4) is 0 Å². The molecular formula is C12H13ClFNO3. The molecule has 0 aromatic heterocycles. The zero-order valence-electron chi connectivity index (χ0n) is 9.74. The molecule has 0 aliphatic heterocycles. The monoisotopic (exact) mass is 273 g/mol. The van der Waals surface area contributed by atoms with Crippen LogP contribution in [0.25, 0.3) is 0 Å². The van der Waals surface area contributed by atoms with E-state index in [0.29, 0.717) is 6.42 Å². The number of hydrogen-bond donors (Lipinski definition) is 2. The third-order valence-electron chi connectivity index (χ3n) is 2.43. The summed E-state index contributed by atoms with van der Waals surface area (Å²) in [5.74, 6) is -2.20. The highest BCUT2D eigenvalue weighted by atomic mass is 35.5. The maximum absolute atomic E-state index is 13.2. The number of carbonyl (C=O) groups is 2. The van der Waals surface area contributed by atoms with Crippen molar-refractivity contribution in [3.05, 3.63) is 34.6 Å². The SMILES string of the molecule is CCC(CC(=O)O)NC(=O)c1ccc(Cl)c(F)c1. The van der Waals surface area contributed by atoms with E-state index in [-0.39, 0.29) is 17.0 Å². The van der Waals surface area contributed by atoms with Crippen molar-refractivity contribution in [2.75, 3.05) is 0 Å². The van der Waals surface area contributed by atoms with Crippen molar-refractivity contribution >= 4 is 23.5 Å². The molecule has 1 unspecified atom stereocenters. The molecule has 0 aliphatic carbocycles. The molecule has 1 aromatic carbocycles. The van der Waals surface area contributed by atoms with Crippen molar-refractivity contribution in [2.24, 2.45) is 0 Å². The first-order chi connectivity index (χ1) is 8.43. The van der Waals surface area contributed by atoms with E-state index in [1.807, 2.05) is 0 Å².